The van der Waals surface area contributed by atoms with Crippen molar-refractivity contribution in [1.29, 1.82) is 0 Å². The summed E-state index contributed by atoms with van der Waals surface area (Å²) in [6.07, 6.45) is 0. The molecular formula is C65H39N5. The minimum Gasteiger partial charge on any atom is -0.309 e. The smallest absolute Gasteiger partial charge is 0.164 e. The molecule has 3 heterocycles. The molecule has 3 aromatic heterocycles. The van der Waals surface area contributed by atoms with Crippen LogP contribution in [0.4, 0.5) is 0 Å². The molecule has 324 valence electrons. The van der Waals surface area contributed by atoms with Gasteiger partial charge in [0.25, 0.3) is 0 Å². The van der Waals surface area contributed by atoms with E-state index in [9.17, 15) is 0 Å². The van der Waals surface area contributed by atoms with Gasteiger partial charge in [0, 0.05) is 54.4 Å². The van der Waals surface area contributed by atoms with Crippen LogP contribution in [0.2, 0.25) is 0 Å². The highest BCUT2D eigenvalue weighted by atomic mass is 15.0. The molecule has 0 fully saturated rings. The summed E-state index contributed by atoms with van der Waals surface area (Å²) < 4.78 is 4.95. The van der Waals surface area contributed by atoms with E-state index in [1.54, 1.807) is 0 Å². The normalized spacial score (nSPS) is 12.0. The Labute approximate surface area is 401 Å². The van der Waals surface area contributed by atoms with Crippen LogP contribution in [0.1, 0.15) is 0 Å². The Balaban J connectivity index is 0.980. The van der Waals surface area contributed by atoms with Gasteiger partial charge in [-0.05, 0) is 86.2 Å². The summed E-state index contributed by atoms with van der Waals surface area (Å²) in [7, 11) is 0. The summed E-state index contributed by atoms with van der Waals surface area (Å²) >= 11 is 0. The Morgan fingerprint density at radius 2 is 0.786 bits per heavy atom. The minimum atomic E-state index is 0.625. The van der Waals surface area contributed by atoms with Crippen LogP contribution in [0.25, 0.3) is 143 Å². The van der Waals surface area contributed by atoms with Gasteiger partial charge >= 0.3 is 0 Å². The number of rotatable bonds is 5. The van der Waals surface area contributed by atoms with Gasteiger partial charge in [0.15, 0.2) is 17.5 Å². The first kappa shape index (κ1) is 38.6. The lowest BCUT2D eigenvalue weighted by molar-refractivity contribution is 1.08. The van der Waals surface area contributed by atoms with E-state index in [1.165, 1.54) is 64.9 Å². The van der Waals surface area contributed by atoms with Crippen molar-refractivity contribution >= 4 is 97.5 Å². The quantitative estimate of drug-likeness (QED) is 0.162. The summed E-state index contributed by atoms with van der Waals surface area (Å²) in [5.41, 5.74) is 9.79. The zero-order valence-electron chi connectivity index (χ0n) is 37.8. The number of aromatic nitrogens is 5. The van der Waals surface area contributed by atoms with Crippen molar-refractivity contribution in [2.45, 2.75) is 0 Å². The minimum absolute atomic E-state index is 0.625. The third-order valence-electron chi connectivity index (χ3n) is 14.5. The van der Waals surface area contributed by atoms with E-state index in [-0.39, 0.29) is 0 Å². The van der Waals surface area contributed by atoms with Gasteiger partial charge in [-0.3, -0.25) is 0 Å². The van der Waals surface area contributed by atoms with Crippen molar-refractivity contribution in [2.24, 2.45) is 0 Å². The lowest BCUT2D eigenvalue weighted by atomic mass is 9.96. The number of benzene rings is 12. The number of hydrogen-bond donors (Lipinski definition) is 0. The van der Waals surface area contributed by atoms with E-state index in [0.29, 0.717) is 17.5 Å². The topological polar surface area (TPSA) is 48.5 Å². The van der Waals surface area contributed by atoms with E-state index in [4.69, 9.17) is 15.0 Å². The molecule has 0 aliphatic heterocycles. The lowest BCUT2D eigenvalue weighted by Gasteiger charge is -2.16. The maximum Gasteiger partial charge on any atom is 0.164 e. The fraction of sp³-hybridized carbons (Fsp3) is 0. The first-order valence-corrected chi connectivity index (χ1v) is 23.9. The molecule has 0 saturated carbocycles. The zero-order chi connectivity index (χ0) is 45.9. The van der Waals surface area contributed by atoms with Crippen LogP contribution >= 0.6 is 0 Å². The fourth-order valence-electron chi connectivity index (χ4n) is 11.4. The zero-order valence-corrected chi connectivity index (χ0v) is 37.8. The third kappa shape index (κ3) is 5.69. The van der Waals surface area contributed by atoms with Gasteiger partial charge in [-0.2, -0.15) is 0 Å². The molecule has 70 heavy (non-hydrogen) atoms. The molecule has 0 bridgehead atoms. The largest absolute Gasteiger partial charge is 0.309 e. The van der Waals surface area contributed by atoms with Crippen molar-refractivity contribution in [3.63, 3.8) is 0 Å². The van der Waals surface area contributed by atoms with Gasteiger partial charge in [-0.15, -0.1) is 0 Å². The Kier molecular flexibility index (Phi) is 8.29. The molecule has 0 radical (unpaired) electrons. The molecule has 0 aliphatic carbocycles. The van der Waals surface area contributed by atoms with E-state index < -0.39 is 0 Å². The average Bonchev–Trinajstić information content (AvgIpc) is 3.94. The van der Waals surface area contributed by atoms with Crippen LogP contribution in [0, 0.1) is 0 Å². The van der Waals surface area contributed by atoms with Crippen LogP contribution in [0.3, 0.4) is 0 Å². The van der Waals surface area contributed by atoms with Crippen LogP contribution in [-0.2, 0) is 0 Å². The van der Waals surface area contributed by atoms with Crippen molar-refractivity contribution in [2.75, 3.05) is 0 Å². The molecule has 5 nitrogen and oxygen atoms in total. The molecule has 0 saturated heterocycles. The Hall–Kier alpha value is -9.45. The molecule has 0 aliphatic rings. The third-order valence-corrected chi connectivity index (χ3v) is 14.5. The Morgan fingerprint density at radius 3 is 1.57 bits per heavy atom. The fourth-order valence-corrected chi connectivity index (χ4v) is 11.4. The monoisotopic (exact) mass is 889 g/mol. The van der Waals surface area contributed by atoms with Gasteiger partial charge in [0.2, 0.25) is 0 Å². The second kappa shape index (κ2) is 15.0. The molecule has 0 unspecified atom stereocenters. The highest BCUT2D eigenvalue weighted by Gasteiger charge is 2.22. The van der Waals surface area contributed by atoms with Gasteiger partial charge in [-0.1, -0.05) is 188 Å². The van der Waals surface area contributed by atoms with E-state index >= 15 is 0 Å². The van der Waals surface area contributed by atoms with Crippen molar-refractivity contribution in [3.8, 4) is 45.5 Å². The van der Waals surface area contributed by atoms with Crippen LogP contribution in [-0.4, -0.2) is 24.1 Å². The molecule has 12 aromatic carbocycles. The van der Waals surface area contributed by atoms with Crippen LogP contribution < -0.4 is 0 Å². The molecule has 0 spiro atoms. The molecule has 15 aromatic rings. The van der Waals surface area contributed by atoms with Gasteiger partial charge in [0.05, 0.1) is 33.4 Å². The number of nitrogens with zero attached hydrogens (tertiary/aromatic N) is 5. The SMILES string of the molecule is c1ccc(-c2nc(-c3ccc(-n4c5ccccc5c5cc6cccc(-n7c8ccccc8c8ccc9ccccc9c87)c6cc54)c4ccccc34)nc(-c3cc4ccccc4c4ccccc34)n2)cc1. The highest BCUT2D eigenvalue weighted by molar-refractivity contribution is 6.21. The van der Waals surface area contributed by atoms with Gasteiger partial charge in [-0.25, -0.2) is 15.0 Å². The number of fused-ring (bicyclic) bond motifs is 13. The van der Waals surface area contributed by atoms with E-state index in [1.807, 2.05) is 18.2 Å². The molecule has 5 heteroatoms. The second-order valence-electron chi connectivity index (χ2n) is 18.3. The van der Waals surface area contributed by atoms with E-state index in [0.717, 1.165) is 60.6 Å². The summed E-state index contributed by atoms with van der Waals surface area (Å²) in [5, 5.41) is 16.5. The summed E-state index contributed by atoms with van der Waals surface area (Å²) in [6.45, 7) is 0. The maximum atomic E-state index is 5.40. The van der Waals surface area contributed by atoms with Crippen LogP contribution in [0.5, 0.6) is 0 Å². The predicted octanol–water partition coefficient (Wildman–Crippen LogP) is 16.8. The first-order valence-electron chi connectivity index (χ1n) is 23.9. The molecule has 0 N–H and O–H groups in total. The first-order chi connectivity index (χ1) is 34.7. The second-order valence-corrected chi connectivity index (χ2v) is 18.3. The van der Waals surface area contributed by atoms with Crippen molar-refractivity contribution in [1.82, 2.24) is 24.1 Å². The molecule has 0 atom stereocenters. The maximum absolute atomic E-state index is 5.40. The van der Waals surface area contributed by atoms with Crippen molar-refractivity contribution < 1.29 is 0 Å². The molecule has 15 rings (SSSR count). The molecule has 0 amide bonds. The Bertz CT molecular complexity index is 4660. The predicted molar refractivity (Wildman–Crippen MR) is 292 cm³/mol. The van der Waals surface area contributed by atoms with Gasteiger partial charge in [0.1, 0.15) is 0 Å². The highest BCUT2D eigenvalue weighted by Crippen LogP contribution is 2.43. The lowest BCUT2D eigenvalue weighted by Crippen LogP contribution is -2.02. The van der Waals surface area contributed by atoms with Gasteiger partial charge < -0.3 is 9.13 Å². The van der Waals surface area contributed by atoms with Crippen LogP contribution in [0.15, 0.2) is 237 Å². The van der Waals surface area contributed by atoms with E-state index in [2.05, 4.69) is 228 Å². The Morgan fingerprint density at radius 1 is 0.243 bits per heavy atom. The average molecular weight is 890 g/mol. The molecular weight excluding hydrogens is 851 g/mol. The summed E-state index contributed by atoms with van der Waals surface area (Å²) in [5.74, 6) is 1.90. The number of hydrogen-bond acceptors (Lipinski definition) is 3. The van der Waals surface area contributed by atoms with Crippen molar-refractivity contribution in [3.05, 3.63) is 237 Å². The summed E-state index contributed by atoms with van der Waals surface area (Å²) in [4.78, 5) is 15.9. The summed E-state index contributed by atoms with van der Waals surface area (Å²) in [6, 6.07) is 85.3. The standard InChI is InChI=1S/C65H39N5/c1-2-18-41(19-3-1)63-66-64(68-65(67-63)56-38-42-20-5-6-22-44(42)46-24-8-9-25-47(46)56)53-35-36-60(49-27-11-10-26-48(49)53)69-57-30-14-13-29-51(57)55-37-43-21-16-32-59(54(43)39-61(55)69)70-58-31-15-12-28-50(58)52-34-33-40-17-4-7-23-45(40)62(52)70/h1-39H. The number of para-hydroxylation sites is 2.